The summed E-state index contributed by atoms with van der Waals surface area (Å²) >= 11 is 0. The Hall–Kier alpha value is -4.17. The molecule has 5 rings (SSSR count). The van der Waals surface area contributed by atoms with Crippen LogP contribution in [0.2, 0.25) is 0 Å². The summed E-state index contributed by atoms with van der Waals surface area (Å²) in [7, 11) is 2.80. The van der Waals surface area contributed by atoms with Crippen LogP contribution >= 0.6 is 0 Å². The van der Waals surface area contributed by atoms with E-state index < -0.39 is 41.2 Å². The summed E-state index contributed by atoms with van der Waals surface area (Å²) in [5, 5.41) is 13.1. The molecule has 0 unspecified atom stereocenters. The summed E-state index contributed by atoms with van der Waals surface area (Å²) in [4.78, 5) is 42.6. The molecule has 4 atom stereocenters. The highest BCUT2D eigenvalue weighted by Crippen LogP contribution is 2.52. The number of para-hydroxylation sites is 2. The minimum Gasteiger partial charge on any atom is -0.508 e. The van der Waals surface area contributed by atoms with E-state index in [4.69, 9.17) is 9.47 Å². The maximum absolute atomic E-state index is 14.0. The number of aromatic hydroxyl groups is 1. The van der Waals surface area contributed by atoms with Crippen LogP contribution in [-0.2, 0) is 25.5 Å². The number of anilines is 1. The lowest BCUT2D eigenvalue weighted by atomic mass is 9.76. The Labute approximate surface area is 208 Å². The van der Waals surface area contributed by atoms with Gasteiger partial charge < -0.3 is 14.6 Å². The molecule has 2 N–H and O–H groups in total. The molecular formula is C28H26N2O6. The fourth-order valence-corrected chi connectivity index (χ4v) is 5.57. The van der Waals surface area contributed by atoms with E-state index in [1.165, 1.54) is 31.3 Å². The van der Waals surface area contributed by atoms with Gasteiger partial charge in [0.25, 0.3) is 0 Å². The van der Waals surface area contributed by atoms with Crippen molar-refractivity contribution >= 4 is 23.5 Å². The Morgan fingerprint density at radius 3 is 2.28 bits per heavy atom. The van der Waals surface area contributed by atoms with Crippen molar-refractivity contribution < 1.29 is 29.0 Å². The molecule has 184 valence electrons. The number of carbonyl (C=O) groups excluding carboxylic acids is 3. The normalized spacial score (nSPS) is 25.1. The van der Waals surface area contributed by atoms with Gasteiger partial charge in [0, 0.05) is 18.0 Å². The summed E-state index contributed by atoms with van der Waals surface area (Å²) in [5.74, 6) is -2.78. The van der Waals surface area contributed by atoms with Crippen LogP contribution < -0.4 is 15.0 Å². The van der Waals surface area contributed by atoms with Crippen molar-refractivity contribution in [2.75, 3.05) is 19.1 Å². The van der Waals surface area contributed by atoms with Gasteiger partial charge in [0.05, 0.1) is 31.7 Å². The average Bonchev–Trinajstić information content (AvgIpc) is 3.39. The number of imide groups is 1. The number of hydrogen-bond donors (Lipinski definition) is 2. The Kier molecular flexibility index (Phi) is 5.97. The van der Waals surface area contributed by atoms with E-state index in [2.05, 4.69) is 5.32 Å². The number of rotatable bonds is 6. The summed E-state index contributed by atoms with van der Waals surface area (Å²) in [6.45, 7) is 0. The Morgan fingerprint density at radius 1 is 0.944 bits per heavy atom. The second-order valence-corrected chi connectivity index (χ2v) is 9.02. The molecule has 3 aromatic rings. The zero-order chi connectivity index (χ0) is 25.4. The molecule has 8 heteroatoms. The first-order valence-electron chi connectivity index (χ1n) is 11.6. The number of esters is 1. The number of methoxy groups -OCH3 is 2. The van der Waals surface area contributed by atoms with Crippen molar-refractivity contribution in [2.45, 2.75) is 18.0 Å². The van der Waals surface area contributed by atoms with Gasteiger partial charge in [-0.15, -0.1) is 0 Å². The standard InChI is InChI=1S/C28H26N2O6/c1-35-21-11-7-6-10-20(21)24-22-23(26(33)30(25(22)32)18-8-4-3-5-9-18)28(29-24,27(34)36-2)16-17-12-14-19(31)15-13-17/h3-15,22-24,29,31H,16H2,1-2H3/t22-,23-,24-,28-/m0/s1. The number of phenols is 1. The molecule has 2 aliphatic heterocycles. The third-order valence-electron chi connectivity index (χ3n) is 7.11. The minimum absolute atomic E-state index is 0.0778. The molecule has 0 radical (unpaired) electrons. The molecule has 8 nitrogen and oxygen atoms in total. The molecule has 2 aliphatic rings. The molecule has 0 aliphatic carbocycles. The third kappa shape index (κ3) is 3.61. The van der Waals surface area contributed by atoms with E-state index in [9.17, 15) is 19.5 Å². The molecule has 2 fully saturated rings. The van der Waals surface area contributed by atoms with Gasteiger partial charge in [0.1, 0.15) is 17.0 Å². The van der Waals surface area contributed by atoms with E-state index in [1.807, 2.05) is 18.2 Å². The molecule has 0 saturated carbocycles. The van der Waals surface area contributed by atoms with E-state index in [0.717, 1.165) is 0 Å². The van der Waals surface area contributed by atoms with Crippen LogP contribution in [0.3, 0.4) is 0 Å². The van der Waals surface area contributed by atoms with Crippen molar-refractivity contribution in [3.8, 4) is 11.5 Å². The molecule has 3 aromatic carbocycles. The van der Waals surface area contributed by atoms with Gasteiger partial charge in [-0.05, 0) is 35.9 Å². The van der Waals surface area contributed by atoms with Crippen molar-refractivity contribution in [1.82, 2.24) is 5.32 Å². The van der Waals surface area contributed by atoms with Crippen LogP contribution in [-0.4, -0.2) is 42.6 Å². The minimum atomic E-state index is -1.53. The topological polar surface area (TPSA) is 105 Å². The number of nitrogens with zero attached hydrogens (tertiary/aromatic N) is 1. The van der Waals surface area contributed by atoms with Gasteiger partial charge in [0.15, 0.2) is 0 Å². The summed E-state index contributed by atoms with van der Waals surface area (Å²) < 4.78 is 10.8. The maximum atomic E-state index is 14.0. The summed E-state index contributed by atoms with van der Waals surface area (Å²) in [6, 6.07) is 21.7. The smallest absolute Gasteiger partial charge is 0.327 e. The van der Waals surface area contributed by atoms with Gasteiger partial charge in [-0.3, -0.25) is 19.7 Å². The van der Waals surface area contributed by atoms with Crippen LogP contribution in [0.1, 0.15) is 17.2 Å². The lowest BCUT2D eigenvalue weighted by molar-refractivity contribution is -0.152. The second kappa shape index (κ2) is 9.13. The molecule has 2 heterocycles. The van der Waals surface area contributed by atoms with Gasteiger partial charge >= 0.3 is 5.97 Å². The highest BCUT2D eigenvalue weighted by Gasteiger charge is 2.69. The van der Waals surface area contributed by atoms with Gasteiger partial charge in [-0.25, -0.2) is 4.90 Å². The first-order chi connectivity index (χ1) is 17.4. The van der Waals surface area contributed by atoms with Gasteiger partial charge in [-0.1, -0.05) is 48.5 Å². The monoisotopic (exact) mass is 486 g/mol. The number of hydrogen-bond acceptors (Lipinski definition) is 7. The molecule has 2 amide bonds. The van der Waals surface area contributed by atoms with Crippen molar-refractivity contribution in [3.05, 3.63) is 90.0 Å². The first kappa shape index (κ1) is 23.6. The zero-order valence-electron chi connectivity index (χ0n) is 19.9. The number of amides is 2. The van der Waals surface area contributed by atoms with Crippen LogP contribution in [0.25, 0.3) is 0 Å². The Morgan fingerprint density at radius 2 is 1.61 bits per heavy atom. The summed E-state index contributed by atoms with van der Waals surface area (Å²) in [6.07, 6.45) is 0.0778. The molecule has 0 spiro atoms. The van der Waals surface area contributed by atoms with E-state index >= 15 is 0 Å². The maximum Gasteiger partial charge on any atom is 0.327 e. The van der Waals surface area contributed by atoms with E-state index in [1.54, 1.807) is 48.5 Å². The van der Waals surface area contributed by atoms with E-state index in [-0.39, 0.29) is 12.2 Å². The molecule has 2 saturated heterocycles. The van der Waals surface area contributed by atoms with Crippen molar-refractivity contribution in [1.29, 1.82) is 0 Å². The number of phenolic OH excluding ortho intramolecular Hbond substituents is 1. The zero-order valence-corrected chi connectivity index (χ0v) is 19.9. The molecule has 0 aromatic heterocycles. The lowest BCUT2D eigenvalue weighted by Gasteiger charge is -2.33. The van der Waals surface area contributed by atoms with E-state index in [0.29, 0.717) is 22.6 Å². The molecular weight excluding hydrogens is 460 g/mol. The summed E-state index contributed by atoms with van der Waals surface area (Å²) in [5.41, 5.74) is 0.285. The first-order valence-corrected chi connectivity index (χ1v) is 11.6. The van der Waals surface area contributed by atoms with Gasteiger partial charge in [0.2, 0.25) is 11.8 Å². The highest BCUT2D eigenvalue weighted by atomic mass is 16.5. The third-order valence-corrected chi connectivity index (χ3v) is 7.11. The van der Waals surface area contributed by atoms with Crippen LogP contribution in [0.5, 0.6) is 11.5 Å². The second-order valence-electron chi connectivity index (χ2n) is 9.02. The largest absolute Gasteiger partial charge is 0.508 e. The molecule has 0 bridgehead atoms. The highest BCUT2D eigenvalue weighted by molar-refractivity contribution is 6.24. The van der Waals surface area contributed by atoms with Crippen molar-refractivity contribution in [2.24, 2.45) is 11.8 Å². The fraction of sp³-hybridized carbons (Fsp3) is 0.250. The van der Waals surface area contributed by atoms with Gasteiger partial charge in [-0.2, -0.15) is 0 Å². The van der Waals surface area contributed by atoms with Crippen molar-refractivity contribution in [3.63, 3.8) is 0 Å². The Balaban J connectivity index is 1.69. The number of nitrogens with one attached hydrogen (secondary N) is 1. The quantitative estimate of drug-likeness (QED) is 0.408. The fourth-order valence-electron chi connectivity index (χ4n) is 5.57. The molecule has 36 heavy (non-hydrogen) atoms. The SMILES string of the molecule is COC(=O)[C@@]1(Cc2ccc(O)cc2)N[C@@H](c2ccccc2OC)[C@H]2C(=O)N(c3ccccc3)C(=O)[C@H]21. The number of ether oxygens (including phenoxy) is 2. The number of benzene rings is 3. The average molecular weight is 487 g/mol. The van der Waals surface area contributed by atoms with Crippen LogP contribution in [0.4, 0.5) is 5.69 Å². The predicted octanol–water partition coefficient (Wildman–Crippen LogP) is 3.01. The van der Waals surface area contributed by atoms with Crippen LogP contribution in [0, 0.1) is 11.8 Å². The predicted molar refractivity (Wildman–Crippen MR) is 131 cm³/mol. The number of carbonyl (C=O) groups is 3. The Bertz CT molecular complexity index is 1310. The lowest BCUT2D eigenvalue weighted by Crippen LogP contribution is -2.57. The number of fused-ring (bicyclic) bond motifs is 1. The van der Waals surface area contributed by atoms with Crippen LogP contribution in [0.15, 0.2) is 78.9 Å².